The first-order valence-electron chi connectivity index (χ1n) is 5.94. The van der Waals surface area contributed by atoms with Crippen molar-refractivity contribution in [1.82, 2.24) is 5.32 Å². The SMILES string of the molecule is Fc1ccc(OCCC2CCNCC2)cc1. The maximum Gasteiger partial charge on any atom is 0.123 e. The fourth-order valence-electron chi connectivity index (χ4n) is 2.04. The smallest absolute Gasteiger partial charge is 0.123 e. The Labute approximate surface area is 95.8 Å². The Morgan fingerprint density at radius 1 is 1.19 bits per heavy atom. The van der Waals surface area contributed by atoms with Gasteiger partial charge < -0.3 is 10.1 Å². The summed E-state index contributed by atoms with van der Waals surface area (Å²) in [4.78, 5) is 0. The summed E-state index contributed by atoms with van der Waals surface area (Å²) in [6.07, 6.45) is 3.58. The molecule has 2 nitrogen and oxygen atoms in total. The van der Waals surface area contributed by atoms with Crippen LogP contribution in [0.5, 0.6) is 5.75 Å². The fraction of sp³-hybridized carbons (Fsp3) is 0.538. The Bertz CT molecular complexity index is 306. The first-order valence-corrected chi connectivity index (χ1v) is 5.94. The highest BCUT2D eigenvalue weighted by Crippen LogP contribution is 2.17. The predicted octanol–water partition coefficient (Wildman–Crippen LogP) is 2.59. The highest BCUT2D eigenvalue weighted by molar-refractivity contribution is 5.21. The normalized spacial score (nSPS) is 17.3. The quantitative estimate of drug-likeness (QED) is 0.847. The van der Waals surface area contributed by atoms with E-state index < -0.39 is 0 Å². The van der Waals surface area contributed by atoms with E-state index >= 15 is 0 Å². The van der Waals surface area contributed by atoms with Crippen LogP contribution in [0.25, 0.3) is 0 Å². The van der Waals surface area contributed by atoms with Crippen LogP contribution >= 0.6 is 0 Å². The highest BCUT2D eigenvalue weighted by Gasteiger charge is 2.12. The van der Waals surface area contributed by atoms with E-state index in [1.54, 1.807) is 12.1 Å². The lowest BCUT2D eigenvalue weighted by atomic mass is 9.95. The molecule has 0 aliphatic carbocycles. The van der Waals surface area contributed by atoms with Crippen LogP contribution in [0, 0.1) is 11.7 Å². The number of ether oxygens (including phenoxy) is 1. The zero-order valence-electron chi connectivity index (χ0n) is 9.42. The van der Waals surface area contributed by atoms with E-state index in [-0.39, 0.29) is 5.82 Å². The van der Waals surface area contributed by atoms with E-state index in [1.807, 2.05) is 0 Å². The van der Waals surface area contributed by atoms with Gasteiger partial charge in [-0.1, -0.05) is 0 Å². The van der Waals surface area contributed by atoms with E-state index in [9.17, 15) is 4.39 Å². The van der Waals surface area contributed by atoms with Gasteiger partial charge >= 0.3 is 0 Å². The van der Waals surface area contributed by atoms with Crippen molar-refractivity contribution in [2.75, 3.05) is 19.7 Å². The minimum atomic E-state index is -0.217. The molecule has 0 amide bonds. The van der Waals surface area contributed by atoms with E-state index in [0.717, 1.165) is 37.8 Å². The molecule has 1 N–H and O–H groups in total. The first-order chi connectivity index (χ1) is 7.84. The topological polar surface area (TPSA) is 21.3 Å². The van der Waals surface area contributed by atoms with Gasteiger partial charge in [-0.15, -0.1) is 0 Å². The third-order valence-electron chi connectivity index (χ3n) is 3.07. The molecule has 2 rings (SSSR count). The summed E-state index contributed by atoms with van der Waals surface area (Å²) < 4.78 is 18.2. The molecule has 16 heavy (non-hydrogen) atoms. The summed E-state index contributed by atoms with van der Waals surface area (Å²) in [6, 6.07) is 6.22. The van der Waals surface area contributed by atoms with Gasteiger partial charge in [0.15, 0.2) is 0 Å². The summed E-state index contributed by atoms with van der Waals surface area (Å²) >= 11 is 0. The van der Waals surface area contributed by atoms with Crippen LogP contribution < -0.4 is 10.1 Å². The molecule has 0 spiro atoms. The second kappa shape index (κ2) is 5.85. The van der Waals surface area contributed by atoms with Crippen LogP contribution in [0.15, 0.2) is 24.3 Å². The molecule has 88 valence electrons. The standard InChI is InChI=1S/C13H18FNO/c14-12-1-3-13(4-2-12)16-10-7-11-5-8-15-9-6-11/h1-4,11,15H,5-10H2. The number of hydrogen-bond acceptors (Lipinski definition) is 2. The molecule has 3 heteroatoms. The predicted molar refractivity (Wildman–Crippen MR) is 62.1 cm³/mol. The van der Waals surface area contributed by atoms with Gasteiger partial charge in [0, 0.05) is 0 Å². The van der Waals surface area contributed by atoms with Crippen molar-refractivity contribution >= 4 is 0 Å². The number of halogens is 1. The van der Waals surface area contributed by atoms with Crippen molar-refractivity contribution in [1.29, 1.82) is 0 Å². The number of hydrogen-bond donors (Lipinski definition) is 1. The molecule has 0 atom stereocenters. The summed E-state index contributed by atoms with van der Waals surface area (Å²) in [5.41, 5.74) is 0. The van der Waals surface area contributed by atoms with Crippen LogP contribution in [-0.2, 0) is 0 Å². The Hall–Kier alpha value is -1.09. The highest BCUT2D eigenvalue weighted by atomic mass is 19.1. The van der Waals surface area contributed by atoms with Crippen LogP contribution in [0.4, 0.5) is 4.39 Å². The van der Waals surface area contributed by atoms with Crippen LogP contribution in [0.3, 0.4) is 0 Å². The second-order valence-electron chi connectivity index (χ2n) is 4.28. The van der Waals surface area contributed by atoms with Crippen LogP contribution in [0.1, 0.15) is 19.3 Å². The third-order valence-corrected chi connectivity index (χ3v) is 3.07. The molecule has 0 bridgehead atoms. The molecule has 1 aromatic rings. The minimum absolute atomic E-state index is 0.217. The van der Waals surface area contributed by atoms with Crippen LogP contribution in [0.2, 0.25) is 0 Å². The molecular formula is C13H18FNO. The number of piperidine rings is 1. The summed E-state index contributed by atoms with van der Waals surface area (Å²) in [7, 11) is 0. The van der Waals surface area contributed by atoms with Crippen LogP contribution in [-0.4, -0.2) is 19.7 Å². The minimum Gasteiger partial charge on any atom is -0.494 e. The Kier molecular flexibility index (Phi) is 4.17. The van der Waals surface area contributed by atoms with Gasteiger partial charge in [-0.3, -0.25) is 0 Å². The van der Waals surface area contributed by atoms with Crippen molar-refractivity contribution in [3.8, 4) is 5.75 Å². The van der Waals surface area contributed by atoms with E-state index in [0.29, 0.717) is 0 Å². The molecule has 1 aliphatic heterocycles. The van der Waals surface area contributed by atoms with Gasteiger partial charge in [0.25, 0.3) is 0 Å². The average molecular weight is 223 g/mol. The molecule has 1 aromatic carbocycles. The zero-order chi connectivity index (χ0) is 11.2. The molecule has 1 fully saturated rings. The summed E-state index contributed by atoms with van der Waals surface area (Å²) in [6.45, 7) is 2.98. The fourth-order valence-corrected chi connectivity index (χ4v) is 2.04. The molecule has 0 unspecified atom stereocenters. The molecule has 1 aliphatic rings. The summed E-state index contributed by atoms with van der Waals surface area (Å²) in [5, 5.41) is 3.35. The molecule has 0 saturated carbocycles. The lowest BCUT2D eigenvalue weighted by Crippen LogP contribution is -2.28. The third kappa shape index (κ3) is 3.49. The summed E-state index contributed by atoms with van der Waals surface area (Å²) in [5.74, 6) is 1.32. The van der Waals surface area contributed by atoms with Gasteiger partial charge in [-0.2, -0.15) is 0 Å². The molecule has 1 heterocycles. The lowest BCUT2D eigenvalue weighted by molar-refractivity contribution is 0.251. The van der Waals surface area contributed by atoms with Crippen molar-refractivity contribution in [3.05, 3.63) is 30.1 Å². The van der Waals surface area contributed by atoms with E-state index in [4.69, 9.17) is 4.74 Å². The van der Waals surface area contributed by atoms with Gasteiger partial charge in [-0.25, -0.2) is 4.39 Å². The Morgan fingerprint density at radius 2 is 1.88 bits per heavy atom. The van der Waals surface area contributed by atoms with Crippen molar-refractivity contribution < 1.29 is 9.13 Å². The van der Waals surface area contributed by atoms with Gasteiger partial charge in [0.1, 0.15) is 11.6 Å². The zero-order valence-corrected chi connectivity index (χ0v) is 9.42. The first kappa shape index (κ1) is 11.4. The number of benzene rings is 1. The molecule has 0 radical (unpaired) electrons. The van der Waals surface area contributed by atoms with Crippen molar-refractivity contribution in [2.45, 2.75) is 19.3 Å². The molecular weight excluding hydrogens is 205 g/mol. The molecule has 1 saturated heterocycles. The number of rotatable bonds is 4. The maximum absolute atomic E-state index is 12.6. The maximum atomic E-state index is 12.6. The van der Waals surface area contributed by atoms with Crippen molar-refractivity contribution in [2.24, 2.45) is 5.92 Å². The van der Waals surface area contributed by atoms with Gasteiger partial charge in [0.2, 0.25) is 0 Å². The Balaban J connectivity index is 1.69. The monoisotopic (exact) mass is 223 g/mol. The average Bonchev–Trinajstić information content (AvgIpc) is 2.33. The van der Waals surface area contributed by atoms with E-state index in [1.165, 1.54) is 25.0 Å². The van der Waals surface area contributed by atoms with Crippen molar-refractivity contribution in [3.63, 3.8) is 0 Å². The Morgan fingerprint density at radius 3 is 2.56 bits per heavy atom. The van der Waals surface area contributed by atoms with E-state index in [2.05, 4.69) is 5.32 Å². The largest absolute Gasteiger partial charge is 0.494 e. The lowest BCUT2D eigenvalue weighted by Gasteiger charge is -2.22. The van der Waals surface area contributed by atoms with Gasteiger partial charge in [0.05, 0.1) is 6.61 Å². The molecule has 0 aromatic heterocycles. The van der Waals surface area contributed by atoms with Gasteiger partial charge in [-0.05, 0) is 62.5 Å². The second-order valence-corrected chi connectivity index (χ2v) is 4.28. The number of nitrogens with one attached hydrogen (secondary N) is 1.